The molecule has 2 rings (SSSR count). The zero-order valence-electron chi connectivity index (χ0n) is 10.6. The van der Waals surface area contributed by atoms with Crippen LogP contribution in [0.1, 0.15) is 30.9 Å². The summed E-state index contributed by atoms with van der Waals surface area (Å²) in [7, 11) is 0. The summed E-state index contributed by atoms with van der Waals surface area (Å²) in [4.78, 5) is 11.7. The molecule has 0 spiro atoms. The van der Waals surface area contributed by atoms with Gasteiger partial charge in [0.2, 0.25) is 0 Å². The quantitative estimate of drug-likeness (QED) is 0.867. The van der Waals surface area contributed by atoms with Crippen LogP contribution in [0, 0.1) is 13.8 Å². The molecule has 0 bridgehead atoms. The number of hydrogen-bond donors (Lipinski definition) is 1. The third-order valence-corrected chi connectivity index (χ3v) is 2.80. The predicted molar refractivity (Wildman–Crippen MR) is 67.2 cm³/mol. The van der Waals surface area contributed by atoms with Gasteiger partial charge in [0.25, 0.3) is 5.91 Å². The fourth-order valence-corrected chi connectivity index (χ4v) is 1.80. The Morgan fingerprint density at radius 3 is 2.41 bits per heavy atom. The number of aryl methyl sites for hydroxylation is 2. The van der Waals surface area contributed by atoms with Gasteiger partial charge >= 0.3 is 0 Å². The smallest absolute Gasteiger partial charge is 0.260 e. The molecule has 1 amide bonds. The van der Waals surface area contributed by atoms with Crippen molar-refractivity contribution < 1.29 is 9.53 Å². The van der Waals surface area contributed by atoms with Gasteiger partial charge in [0.1, 0.15) is 5.75 Å². The minimum atomic E-state index is -0.434. The molecule has 1 aliphatic carbocycles. The fraction of sp³-hybridized carbons (Fsp3) is 0.500. The van der Waals surface area contributed by atoms with E-state index in [1.807, 2.05) is 26.0 Å². The van der Waals surface area contributed by atoms with Gasteiger partial charge in [-0.3, -0.25) is 4.79 Å². The Hall–Kier alpha value is -1.51. The lowest BCUT2D eigenvalue weighted by Crippen LogP contribution is -2.37. The molecular weight excluding hydrogens is 214 g/mol. The van der Waals surface area contributed by atoms with Crippen LogP contribution < -0.4 is 10.1 Å². The van der Waals surface area contributed by atoms with Gasteiger partial charge in [0.05, 0.1) is 0 Å². The number of benzene rings is 1. The van der Waals surface area contributed by atoms with Crippen molar-refractivity contribution in [3.8, 4) is 5.75 Å². The van der Waals surface area contributed by atoms with Crippen LogP contribution >= 0.6 is 0 Å². The van der Waals surface area contributed by atoms with Gasteiger partial charge in [0, 0.05) is 6.04 Å². The molecular formula is C14H19NO2. The Kier molecular flexibility index (Phi) is 3.36. The van der Waals surface area contributed by atoms with E-state index in [9.17, 15) is 4.79 Å². The van der Waals surface area contributed by atoms with Crippen LogP contribution in [-0.2, 0) is 4.79 Å². The number of rotatable bonds is 4. The molecule has 1 aromatic carbocycles. The molecule has 3 nitrogen and oxygen atoms in total. The maximum Gasteiger partial charge on any atom is 0.260 e. The van der Waals surface area contributed by atoms with Gasteiger partial charge in [-0.2, -0.15) is 0 Å². The summed E-state index contributed by atoms with van der Waals surface area (Å²) < 4.78 is 5.65. The van der Waals surface area contributed by atoms with E-state index >= 15 is 0 Å². The highest BCUT2D eigenvalue weighted by molar-refractivity contribution is 5.81. The summed E-state index contributed by atoms with van der Waals surface area (Å²) in [5, 5.41) is 2.94. The summed E-state index contributed by atoms with van der Waals surface area (Å²) in [6, 6.07) is 6.37. The lowest BCUT2D eigenvalue weighted by atomic mass is 10.1. The first kappa shape index (κ1) is 12.0. The van der Waals surface area contributed by atoms with E-state index in [0.29, 0.717) is 6.04 Å². The first-order chi connectivity index (χ1) is 8.04. The van der Waals surface area contributed by atoms with Crippen LogP contribution in [0.4, 0.5) is 0 Å². The first-order valence-electron chi connectivity index (χ1n) is 6.10. The lowest BCUT2D eigenvalue weighted by molar-refractivity contribution is -0.127. The number of carbonyl (C=O) groups excluding carboxylic acids is 1. The normalized spacial score (nSPS) is 16.4. The predicted octanol–water partition coefficient (Wildman–Crippen LogP) is 2.35. The number of carbonyl (C=O) groups is 1. The summed E-state index contributed by atoms with van der Waals surface area (Å²) in [6.07, 6.45) is 1.76. The minimum Gasteiger partial charge on any atom is -0.481 e. The van der Waals surface area contributed by atoms with Crippen LogP contribution in [0.25, 0.3) is 0 Å². The van der Waals surface area contributed by atoms with Crippen LogP contribution in [0.2, 0.25) is 0 Å². The molecule has 0 aromatic heterocycles. The van der Waals surface area contributed by atoms with Crippen molar-refractivity contribution in [3.63, 3.8) is 0 Å². The van der Waals surface area contributed by atoms with Crippen molar-refractivity contribution in [3.05, 3.63) is 29.3 Å². The van der Waals surface area contributed by atoms with Crippen molar-refractivity contribution in [2.45, 2.75) is 45.8 Å². The Morgan fingerprint density at radius 2 is 1.88 bits per heavy atom. The molecule has 1 aromatic rings. The molecule has 17 heavy (non-hydrogen) atoms. The van der Waals surface area contributed by atoms with Crippen LogP contribution in [0.5, 0.6) is 5.75 Å². The maximum atomic E-state index is 11.7. The monoisotopic (exact) mass is 233 g/mol. The van der Waals surface area contributed by atoms with E-state index in [2.05, 4.69) is 11.4 Å². The summed E-state index contributed by atoms with van der Waals surface area (Å²) in [5.41, 5.74) is 2.30. The second-order valence-corrected chi connectivity index (χ2v) is 4.87. The van der Waals surface area contributed by atoms with Crippen molar-refractivity contribution >= 4 is 5.91 Å². The zero-order chi connectivity index (χ0) is 12.4. The minimum absolute atomic E-state index is 0.0216. The van der Waals surface area contributed by atoms with E-state index < -0.39 is 6.10 Å². The molecule has 1 aliphatic rings. The average molecular weight is 233 g/mol. The lowest BCUT2D eigenvalue weighted by Gasteiger charge is -2.15. The molecule has 3 heteroatoms. The third kappa shape index (κ3) is 3.48. The van der Waals surface area contributed by atoms with E-state index in [4.69, 9.17) is 4.74 Å². The van der Waals surface area contributed by atoms with Gasteiger partial charge < -0.3 is 10.1 Å². The second kappa shape index (κ2) is 4.78. The Balaban J connectivity index is 1.96. The van der Waals surface area contributed by atoms with E-state index in [1.54, 1.807) is 6.92 Å². The molecule has 0 heterocycles. The van der Waals surface area contributed by atoms with Crippen molar-refractivity contribution in [2.75, 3.05) is 0 Å². The largest absolute Gasteiger partial charge is 0.481 e. The van der Waals surface area contributed by atoms with Gasteiger partial charge in [-0.25, -0.2) is 0 Å². The van der Waals surface area contributed by atoms with Crippen molar-refractivity contribution in [2.24, 2.45) is 0 Å². The van der Waals surface area contributed by atoms with E-state index in [1.165, 1.54) is 0 Å². The van der Waals surface area contributed by atoms with Gasteiger partial charge in [0.15, 0.2) is 6.10 Å². The summed E-state index contributed by atoms with van der Waals surface area (Å²) in [6.45, 7) is 5.83. The molecule has 0 radical (unpaired) electrons. The Bertz CT molecular complexity index is 404. The highest BCUT2D eigenvalue weighted by Gasteiger charge is 2.26. The van der Waals surface area contributed by atoms with Crippen LogP contribution in [-0.4, -0.2) is 18.1 Å². The number of amides is 1. The molecule has 0 saturated heterocycles. The molecule has 1 saturated carbocycles. The van der Waals surface area contributed by atoms with Crippen molar-refractivity contribution in [1.29, 1.82) is 0 Å². The van der Waals surface area contributed by atoms with Gasteiger partial charge in [-0.05, 0) is 56.9 Å². The van der Waals surface area contributed by atoms with E-state index in [0.717, 1.165) is 29.7 Å². The molecule has 1 fully saturated rings. The van der Waals surface area contributed by atoms with Crippen LogP contribution in [0.15, 0.2) is 18.2 Å². The standard InChI is InChI=1S/C14H19NO2/c1-9-6-10(2)8-13(7-9)17-11(3)14(16)15-12-4-5-12/h6-8,11-12H,4-5H2,1-3H3,(H,15,16)/t11-/m0/s1. The number of nitrogens with one attached hydrogen (secondary N) is 1. The molecule has 1 N–H and O–H groups in total. The Labute approximate surface area is 102 Å². The zero-order valence-corrected chi connectivity index (χ0v) is 10.6. The topological polar surface area (TPSA) is 38.3 Å². The SMILES string of the molecule is Cc1cc(C)cc(O[C@@H](C)C(=O)NC2CC2)c1. The third-order valence-electron chi connectivity index (χ3n) is 2.80. The van der Waals surface area contributed by atoms with E-state index in [-0.39, 0.29) is 5.91 Å². The van der Waals surface area contributed by atoms with Crippen molar-refractivity contribution in [1.82, 2.24) is 5.32 Å². The van der Waals surface area contributed by atoms with Crippen LogP contribution in [0.3, 0.4) is 0 Å². The molecule has 1 atom stereocenters. The highest BCUT2D eigenvalue weighted by Crippen LogP contribution is 2.20. The number of ether oxygens (including phenoxy) is 1. The Morgan fingerprint density at radius 1 is 1.29 bits per heavy atom. The first-order valence-corrected chi connectivity index (χ1v) is 6.10. The molecule has 0 aliphatic heterocycles. The number of hydrogen-bond acceptors (Lipinski definition) is 2. The second-order valence-electron chi connectivity index (χ2n) is 4.87. The molecule has 92 valence electrons. The average Bonchev–Trinajstić information content (AvgIpc) is 2.99. The summed E-state index contributed by atoms with van der Waals surface area (Å²) >= 11 is 0. The molecule has 0 unspecified atom stereocenters. The van der Waals surface area contributed by atoms with Gasteiger partial charge in [-0.15, -0.1) is 0 Å². The maximum absolute atomic E-state index is 11.7. The fourth-order valence-electron chi connectivity index (χ4n) is 1.80. The highest BCUT2D eigenvalue weighted by atomic mass is 16.5. The summed E-state index contributed by atoms with van der Waals surface area (Å²) in [5.74, 6) is 0.743. The van der Waals surface area contributed by atoms with Gasteiger partial charge in [-0.1, -0.05) is 6.07 Å².